The summed E-state index contributed by atoms with van der Waals surface area (Å²) in [5.41, 5.74) is 5.35. The van der Waals surface area contributed by atoms with Crippen LogP contribution in [0, 0.1) is 0 Å². The van der Waals surface area contributed by atoms with Gasteiger partial charge in [-0.2, -0.15) is 23.5 Å². The maximum Gasteiger partial charge on any atom is 0.00235 e. The zero-order chi connectivity index (χ0) is 7.66. The molecule has 0 heterocycles. The summed E-state index contributed by atoms with van der Waals surface area (Å²) >= 11 is 4.03. The third-order valence-corrected chi connectivity index (χ3v) is 3.30. The zero-order valence-corrected chi connectivity index (χ0v) is 8.27. The van der Waals surface area contributed by atoms with Crippen molar-refractivity contribution < 1.29 is 0 Å². The van der Waals surface area contributed by atoms with Gasteiger partial charge >= 0.3 is 0 Å². The van der Waals surface area contributed by atoms with Gasteiger partial charge in [-0.05, 0) is 24.5 Å². The second kappa shape index (κ2) is 9.66. The molecule has 0 aromatic rings. The fourth-order valence-electron chi connectivity index (χ4n) is 0.550. The highest BCUT2D eigenvalue weighted by Crippen LogP contribution is 2.06. The van der Waals surface area contributed by atoms with Gasteiger partial charge in [0.15, 0.2) is 0 Å². The van der Waals surface area contributed by atoms with E-state index in [1.807, 2.05) is 23.5 Å². The Morgan fingerprint density at radius 1 is 1.10 bits per heavy atom. The molecule has 1 nitrogen and oxygen atoms in total. The van der Waals surface area contributed by atoms with Crippen LogP contribution in [-0.2, 0) is 0 Å². The maximum atomic E-state index is 5.35. The molecule has 0 aliphatic rings. The van der Waals surface area contributed by atoms with E-state index in [1.54, 1.807) is 0 Å². The first kappa shape index (κ1) is 10.7. The highest BCUT2D eigenvalue weighted by molar-refractivity contribution is 8.02. The minimum atomic E-state index is 0.841. The molecule has 0 amide bonds. The molecule has 0 saturated heterocycles. The van der Waals surface area contributed by atoms with Gasteiger partial charge in [0.05, 0.1) is 0 Å². The van der Waals surface area contributed by atoms with Crippen LogP contribution in [0.15, 0.2) is 0 Å². The van der Waals surface area contributed by atoms with Crippen molar-refractivity contribution in [3.05, 3.63) is 0 Å². The third-order valence-electron chi connectivity index (χ3n) is 1.07. The number of hydrogen-bond donors (Lipinski definition) is 1. The van der Waals surface area contributed by atoms with Gasteiger partial charge in [-0.25, -0.2) is 0 Å². The van der Waals surface area contributed by atoms with Crippen molar-refractivity contribution in [2.24, 2.45) is 5.73 Å². The molecule has 0 radical (unpaired) electrons. The molecule has 0 aliphatic carbocycles. The molecule has 0 aliphatic heterocycles. The molecule has 0 aromatic carbocycles. The minimum Gasteiger partial charge on any atom is -0.330 e. The van der Waals surface area contributed by atoms with Crippen molar-refractivity contribution in [1.29, 1.82) is 0 Å². The first-order valence-electron chi connectivity index (χ1n) is 3.77. The average Bonchev–Trinajstić information content (AvgIpc) is 1.97. The summed E-state index contributed by atoms with van der Waals surface area (Å²) in [5, 5.41) is 0. The predicted molar refractivity (Wildman–Crippen MR) is 54.0 cm³/mol. The molecule has 62 valence electrons. The van der Waals surface area contributed by atoms with Crippen molar-refractivity contribution in [3.63, 3.8) is 0 Å². The summed E-state index contributed by atoms with van der Waals surface area (Å²) in [7, 11) is 0. The maximum absolute atomic E-state index is 5.35. The van der Waals surface area contributed by atoms with Gasteiger partial charge in [0.1, 0.15) is 0 Å². The standard InChI is InChI=1S/C7H17NS2/c1-2-9-6-7-10-5-3-4-8/h2-8H2,1H3. The van der Waals surface area contributed by atoms with Crippen LogP contribution in [0.25, 0.3) is 0 Å². The lowest BCUT2D eigenvalue weighted by Gasteiger charge is -1.98. The third kappa shape index (κ3) is 8.66. The van der Waals surface area contributed by atoms with Gasteiger partial charge in [-0.1, -0.05) is 6.92 Å². The van der Waals surface area contributed by atoms with Gasteiger partial charge < -0.3 is 5.73 Å². The molecule has 0 fully saturated rings. The van der Waals surface area contributed by atoms with Gasteiger partial charge in [-0.15, -0.1) is 0 Å². The number of rotatable bonds is 7. The molecular weight excluding hydrogens is 162 g/mol. The van der Waals surface area contributed by atoms with Crippen LogP contribution in [0.5, 0.6) is 0 Å². The molecule has 0 saturated carbocycles. The van der Waals surface area contributed by atoms with Crippen LogP contribution < -0.4 is 5.73 Å². The number of nitrogens with two attached hydrogens (primary N) is 1. The predicted octanol–water partition coefficient (Wildman–Crippen LogP) is 1.82. The summed E-state index contributed by atoms with van der Waals surface area (Å²) < 4.78 is 0. The fraction of sp³-hybridized carbons (Fsp3) is 1.00. The molecule has 0 aromatic heterocycles. The Labute approximate surface area is 72.5 Å². The van der Waals surface area contributed by atoms with Crippen LogP contribution in [0.4, 0.5) is 0 Å². The molecule has 3 heteroatoms. The molecular formula is C7H17NS2. The number of hydrogen-bond acceptors (Lipinski definition) is 3. The van der Waals surface area contributed by atoms with Crippen LogP contribution in [-0.4, -0.2) is 29.6 Å². The van der Waals surface area contributed by atoms with Crippen LogP contribution in [0.2, 0.25) is 0 Å². The van der Waals surface area contributed by atoms with E-state index < -0.39 is 0 Å². The van der Waals surface area contributed by atoms with Crippen LogP contribution in [0.3, 0.4) is 0 Å². The van der Waals surface area contributed by atoms with Crippen molar-refractivity contribution >= 4 is 23.5 Å². The highest BCUT2D eigenvalue weighted by atomic mass is 32.2. The van der Waals surface area contributed by atoms with Crippen molar-refractivity contribution in [1.82, 2.24) is 0 Å². The summed E-state index contributed by atoms with van der Waals surface area (Å²) in [6, 6.07) is 0. The van der Waals surface area contributed by atoms with E-state index in [1.165, 1.54) is 29.4 Å². The summed E-state index contributed by atoms with van der Waals surface area (Å²) in [4.78, 5) is 0. The molecule has 10 heavy (non-hydrogen) atoms. The normalized spacial score (nSPS) is 10.2. The van der Waals surface area contributed by atoms with Crippen LogP contribution >= 0.6 is 23.5 Å². The Bertz CT molecular complexity index is 51.6. The first-order valence-corrected chi connectivity index (χ1v) is 6.08. The Balaban J connectivity index is 2.65. The first-order chi connectivity index (χ1) is 4.91. The molecule has 0 rings (SSSR count). The zero-order valence-electron chi connectivity index (χ0n) is 6.64. The number of thioether (sulfide) groups is 2. The van der Waals surface area contributed by atoms with E-state index in [0.29, 0.717) is 0 Å². The largest absolute Gasteiger partial charge is 0.330 e. The lowest BCUT2D eigenvalue weighted by atomic mass is 10.5. The van der Waals surface area contributed by atoms with E-state index in [-0.39, 0.29) is 0 Å². The Hall–Kier alpha value is 0.660. The highest BCUT2D eigenvalue weighted by Gasteiger charge is 1.87. The monoisotopic (exact) mass is 179 g/mol. The van der Waals surface area contributed by atoms with Crippen molar-refractivity contribution in [2.75, 3.05) is 29.6 Å². The molecule has 0 atom stereocenters. The quantitative estimate of drug-likeness (QED) is 0.604. The van der Waals surface area contributed by atoms with E-state index >= 15 is 0 Å². The van der Waals surface area contributed by atoms with E-state index in [0.717, 1.165) is 6.54 Å². The van der Waals surface area contributed by atoms with E-state index in [9.17, 15) is 0 Å². The Morgan fingerprint density at radius 3 is 2.40 bits per heavy atom. The van der Waals surface area contributed by atoms with E-state index in [4.69, 9.17) is 5.73 Å². The smallest absolute Gasteiger partial charge is 0.00235 e. The fourth-order valence-corrected chi connectivity index (χ4v) is 2.36. The van der Waals surface area contributed by atoms with Crippen molar-refractivity contribution in [3.8, 4) is 0 Å². The second-order valence-corrected chi connectivity index (χ2v) is 4.57. The molecule has 0 spiro atoms. The lowest BCUT2D eigenvalue weighted by Crippen LogP contribution is -2.00. The lowest BCUT2D eigenvalue weighted by molar-refractivity contribution is 0.943. The van der Waals surface area contributed by atoms with E-state index in [2.05, 4.69) is 6.92 Å². The Kier molecular flexibility index (Phi) is 10.3. The topological polar surface area (TPSA) is 26.0 Å². The van der Waals surface area contributed by atoms with Gasteiger partial charge in [0, 0.05) is 11.5 Å². The van der Waals surface area contributed by atoms with Crippen molar-refractivity contribution in [2.45, 2.75) is 13.3 Å². The summed E-state index contributed by atoms with van der Waals surface area (Å²) in [6.07, 6.45) is 1.17. The minimum absolute atomic E-state index is 0.841. The summed E-state index contributed by atoms with van der Waals surface area (Å²) in [5.74, 6) is 5.07. The average molecular weight is 179 g/mol. The Morgan fingerprint density at radius 2 is 1.80 bits per heavy atom. The van der Waals surface area contributed by atoms with Gasteiger partial charge in [0.25, 0.3) is 0 Å². The SMILES string of the molecule is CCSCCSCCCN. The molecule has 0 bridgehead atoms. The second-order valence-electron chi connectivity index (χ2n) is 1.95. The van der Waals surface area contributed by atoms with Crippen LogP contribution in [0.1, 0.15) is 13.3 Å². The van der Waals surface area contributed by atoms with Gasteiger partial charge in [-0.3, -0.25) is 0 Å². The molecule has 2 N–H and O–H groups in total. The summed E-state index contributed by atoms with van der Waals surface area (Å²) in [6.45, 7) is 3.04. The molecule has 0 unspecified atom stereocenters. The van der Waals surface area contributed by atoms with Gasteiger partial charge in [0.2, 0.25) is 0 Å².